The highest BCUT2D eigenvalue weighted by Gasteiger charge is 2.15. The molecule has 0 unspecified atom stereocenters. The standard InChI is InChI=1S/C20H15N3OS/c24-18(12-11-15-7-2-1-3-8-15)22-20-19(16-9-6-14-25-16)21-17-10-4-5-13-23(17)20/h1-14H,(H,22,24)/b12-11+. The van der Waals surface area contributed by atoms with E-state index in [9.17, 15) is 4.79 Å². The third-order valence-electron chi connectivity index (χ3n) is 3.75. The summed E-state index contributed by atoms with van der Waals surface area (Å²) in [4.78, 5) is 18.1. The molecule has 0 aliphatic heterocycles. The number of fused-ring (bicyclic) bond motifs is 1. The van der Waals surface area contributed by atoms with Gasteiger partial charge in [-0.2, -0.15) is 0 Å². The molecule has 3 aromatic heterocycles. The summed E-state index contributed by atoms with van der Waals surface area (Å²) in [7, 11) is 0. The molecule has 0 bridgehead atoms. The quantitative estimate of drug-likeness (QED) is 0.544. The van der Waals surface area contributed by atoms with Crippen LogP contribution < -0.4 is 5.32 Å². The minimum Gasteiger partial charge on any atom is -0.306 e. The molecule has 1 N–H and O–H groups in total. The summed E-state index contributed by atoms with van der Waals surface area (Å²) in [5.41, 5.74) is 2.56. The molecule has 0 aliphatic carbocycles. The van der Waals surface area contributed by atoms with Crippen molar-refractivity contribution in [3.05, 3.63) is 83.9 Å². The van der Waals surface area contributed by atoms with E-state index in [0.29, 0.717) is 5.82 Å². The molecular formula is C20H15N3OS. The number of amides is 1. The van der Waals surface area contributed by atoms with E-state index in [0.717, 1.165) is 21.8 Å². The summed E-state index contributed by atoms with van der Waals surface area (Å²) in [6, 6.07) is 19.5. The van der Waals surface area contributed by atoms with Crippen LogP contribution in [0, 0.1) is 0 Å². The predicted molar refractivity (Wildman–Crippen MR) is 103 cm³/mol. The lowest BCUT2D eigenvalue weighted by Gasteiger charge is -2.04. The van der Waals surface area contributed by atoms with E-state index in [1.54, 1.807) is 17.4 Å². The molecule has 3 heterocycles. The number of carbonyl (C=O) groups is 1. The van der Waals surface area contributed by atoms with E-state index in [4.69, 9.17) is 0 Å². The van der Waals surface area contributed by atoms with Crippen LogP contribution >= 0.6 is 11.3 Å². The highest BCUT2D eigenvalue weighted by molar-refractivity contribution is 7.13. The summed E-state index contributed by atoms with van der Waals surface area (Å²) >= 11 is 1.60. The minimum absolute atomic E-state index is 0.188. The van der Waals surface area contributed by atoms with Gasteiger partial charge in [0, 0.05) is 12.3 Å². The molecule has 4 aromatic rings. The zero-order valence-corrected chi connectivity index (χ0v) is 14.1. The second-order valence-electron chi connectivity index (χ2n) is 5.45. The third-order valence-corrected chi connectivity index (χ3v) is 4.63. The fraction of sp³-hybridized carbons (Fsp3) is 0. The number of nitrogens with zero attached hydrogens (tertiary/aromatic N) is 2. The predicted octanol–water partition coefficient (Wildman–Crippen LogP) is 4.71. The second kappa shape index (κ2) is 6.75. The van der Waals surface area contributed by atoms with Crippen LogP contribution in [0.25, 0.3) is 22.3 Å². The first-order chi connectivity index (χ1) is 12.3. The number of imidazole rings is 1. The van der Waals surface area contributed by atoms with Gasteiger partial charge in [0.2, 0.25) is 5.91 Å². The van der Waals surface area contributed by atoms with Crippen LogP contribution in [0.15, 0.2) is 78.3 Å². The van der Waals surface area contributed by atoms with E-state index in [2.05, 4.69) is 10.3 Å². The largest absolute Gasteiger partial charge is 0.306 e. The molecule has 1 amide bonds. The second-order valence-corrected chi connectivity index (χ2v) is 6.40. The van der Waals surface area contributed by atoms with Crippen molar-refractivity contribution in [2.45, 2.75) is 0 Å². The molecule has 122 valence electrons. The van der Waals surface area contributed by atoms with Gasteiger partial charge in [-0.1, -0.05) is 42.5 Å². The highest BCUT2D eigenvalue weighted by atomic mass is 32.1. The Morgan fingerprint density at radius 3 is 2.68 bits per heavy atom. The lowest BCUT2D eigenvalue weighted by Crippen LogP contribution is -2.10. The lowest BCUT2D eigenvalue weighted by atomic mass is 10.2. The van der Waals surface area contributed by atoms with Crippen molar-refractivity contribution in [1.82, 2.24) is 9.38 Å². The number of benzene rings is 1. The Morgan fingerprint density at radius 1 is 1.04 bits per heavy atom. The van der Waals surface area contributed by atoms with E-state index in [-0.39, 0.29) is 5.91 Å². The number of rotatable bonds is 4. The van der Waals surface area contributed by atoms with Crippen molar-refractivity contribution in [3.63, 3.8) is 0 Å². The molecule has 1 aromatic carbocycles. The van der Waals surface area contributed by atoms with Crippen LogP contribution in [0.3, 0.4) is 0 Å². The topological polar surface area (TPSA) is 46.4 Å². The zero-order chi connectivity index (χ0) is 17.1. The fourth-order valence-electron chi connectivity index (χ4n) is 2.59. The van der Waals surface area contributed by atoms with Crippen molar-refractivity contribution < 1.29 is 4.79 Å². The molecule has 0 atom stereocenters. The van der Waals surface area contributed by atoms with Crippen molar-refractivity contribution in [3.8, 4) is 10.6 Å². The molecule has 4 rings (SSSR count). The number of thiophene rings is 1. The molecular weight excluding hydrogens is 330 g/mol. The molecule has 4 nitrogen and oxygen atoms in total. The monoisotopic (exact) mass is 345 g/mol. The molecule has 5 heteroatoms. The first-order valence-electron chi connectivity index (χ1n) is 7.86. The summed E-state index contributed by atoms with van der Waals surface area (Å²) in [5, 5.41) is 4.97. The first kappa shape index (κ1) is 15.4. The van der Waals surface area contributed by atoms with E-state index >= 15 is 0 Å². The maximum absolute atomic E-state index is 12.4. The number of pyridine rings is 1. The lowest BCUT2D eigenvalue weighted by molar-refractivity contribution is -0.111. The van der Waals surface area contributed by atoms with Gasteiger partial charge in [-0.15, -0.1) is 11.3 Å². The van der Waals surface area contributed by atoms with Gasteiger partial charge in [-0.05, 0) is 35.2 Å². The number of aromatic nitrogens is 2. The summed E-state index contributed by atoms with van der Waals surface area (Å²) in [6.07, 6.45) is 5.23. The van der Waals surface area contributed by atoms with Crippen LogP contribution in [0.2, 0.25) is 0 Å². The number of hydrogen-bond donors (Lipinski definition) is 1. The average molecular weight is 345 g/mol. The Morgan fingerprint density at radius 2 is 1.88 bits per heavy atom. The van der Waals surface area contributed by atoms with Crippen LogP contribution in [-0.2, 0) is 4.79 Å². The molecule has 0 aliphatic rings. The van der Waals surface area contributed by atoms with E-state index in [1.807, 2.05) is 76.6 Å². The Kier molecular flexibility index (Phi) is 4.14. The molecule has 0 fully saturated rings. The molecule has 0 radical (unpaired) electrons. The van der Waals surface area contributed by atoms with Crippen molar-refractivity contribution in [2.24, 2.45) is 0 Å². The van der Waals surface area contributed by atoms with Gasteiger partial charge >= 0.3 is 0 Å². The van der Waals surface area contributed by atoms with Crippen LogP contribution in [-0.4, -0.2) is 15.3 Å². The average Bonchev–Trinajstić information content (AvgIpc) is 3.29. The van der Waals surface area contributed by atoms with Gasteiger partial charge in [0.05, 0.1) is 4.88 Å². The van der Waals surface area contributed by atoms with Crippen molar-refractivity contribution >= 4 is 34.8 Å². The fourth-order valence-corrected chi connectivity index (χ4v) is 3.31. The van der Waals surface area contributed by atoms with Gasteiger partial charge in [0.15, 0.2) is 0 Å². The zero-order valence-electron chi connectivity index (χ0n) is 13.3. The summed E-state index contributed by atoms with van der Waals surface area (Å²) < 4.78 is 1.89. The Labute approximate surface area is 149 Å². The SMILES string of the molecule is O=C(/C=C/c1ccccc1)Nc1c(-c2cccs2)nc2ccccn12. The number of carbonyl (C=O) groups excluding carboxylic acids is 1. The van der Waals surface area contributed by atoms with Crippen LogP contribution in [0.1, 0.15) is 5.56 Å². The molecule has 0 saturated carbocycles. The number of nitrogens with one attached hydrogen (secondary N) is 1. The summed E-state index contributed by atoms with van der Waals surface area (Å²) in [5.74, 6) is 0.494. The molecule has 0 spiro atoms. The van der Waals surface area contributed by atoms with E-state index < -0.39 is 0 Å². The Bertz CT molecular complexity index is 1030. The summed E-state index contributed by atoms with van der Waals surface area (Å²) in [6.45, 7) is 0. The minimum atomic E-state index is -0.188. The number of anilines is 1. The smallest absolute Gasteiger partial charge is 0.249 e. The van der Waals surface area contributed by atoms with E-state index in [1.165, 1.54) is 6.08 Å². The van der Waals surface area contributed by atoms with Crippen molar-refractivity contribution in [1.29, 1.82) is 0 Å². The van der Waals surface area contributed by atoms with Crippen LogP contribution in [0.4, 0.5) is 5.82 Å². The normalized spacial score (nSPS) is 11.2. The maximum atomic E-state index is 12.4. The Hall–Kier alpha value is -3.18. The molecule has 25 heavy (non-hydrogen) atoms. The maximum Gasteiger partial charge on any atom is 0.249 e. The number of hydrogen-bond acceptors (Lipinski definition) is 3. The highest BCUT2D eigenvalue weighted by Crippen LogP contribution is 2.31. The molecule has 0 saturated heterocycles. The van der Waals surface area contributed by atoms with Gasteiger partial charge < -0.3 is 5.32 Å². The van der Waals surface area contributed by atoms with Gasteiger partial charge in [-0.3, -0.25) is 9.20 Å². The first-order valence-corrected chi connectivity index (χ1v) is 8.74. The van der Waals surface area contributed by atoms with Crippen LogP contribution in [0.5, 0.6) is 0 Å². The van der Waals surface area contributed by atoms with Gasteiger partial charge in [0.1, 0.15) is 17.2 Å². The Balaban J connectivity index is 1.67. The van der Waals surface area contributed by atoms with Crippen molar-refractivity contribution in [2.75, 3.05) is 5.32 Å². The third kappa shape index (κ3) is 3.22. The van der Waals surface area contributed by atoms with Gasteiger partial charge in [-0.25, -0.2) is 4.98 Å². The van der Waals surface area contributed by atoms with Gasteiger partial charge in [0.25, 0.3) is 0 Å².